The van der Waals surface area contributed by atoms with E-state index in [1.165, 1.54) is 18.3 Å². The normalized spacial score (nSPS) is 13.0. The maximum Gasteiger partial charge on any atom is 0.309 e. The van der Waals surface area contributed by atoms with E-state index in [4.69, 9.17) is 9.15 Å². The fourth-order valence-electron chi connectivity index (χ4n) is 2.63. The molecule has 2 atom stereocenters. The van der Waals surface area contributed by atoms with E-state index < -0.39 is 18.1 Å². The molecule has 0 spiro atoms. The number of hydrogen-bond acceptors (Lipinski definition) is 7. The van der Waals surface area contributed by atoms with Gasteiger partial charge in [-0.15, -0.1) is 21.5 Å². The van der Waals surface area contributed by atoms with Gasteiger partial charge < -0.3 is 14.5 Å². The van der Waals surface area contributed by atoms with Crippen LogP contribution in [0.3, 0.4) is 0 Å². The van der Waals surface area contributed by atoms with Crippen molar-refractivity contribution < 1.29 is 18.7 Å². The number of nitrogens with zero attached hydrogens (tertiary/aromatic N) is 2. The summed E-state index contributed by atoms with van der Waals surface area (Å²) in [7, 11) is 0. The molecule has 0 aliphatic rings. The first kappa shape index (κ1) is 19.8. The second-order valence-corrected chi connectivity index (χ2v) is 7.40. The summed E-state index contributed by atoms with van der Waals surface area (Å²) in [5.41, 5.74) is 1.93. The summed E-state index contributed by atoms with van der Waals surface area (Å²) in [5, 5.41) is 12.7. The number of rotatable bonds is 7. The van der Waals surface area contributed by atoms with Crippen LogP contribution in [0, 0.1) is 6.92 Å². The van der Waals surface area contributed by atoms with Gasteiger partial charge in [-0.05, 0) is 37.4 Å². The summed E-state index contributed by atoms with van der Waals surface area (Å²) in [4.78, 5) is 24.7. The number of carbonyl (C=O) groups excluding carboxylic acids is 2. The molecule has 2 unspecified atom stereocenters. The molecule has 146 valence electrons. The van der Waals surface area contributed by atoms with Gasteiger partial charge in [0.1, 0.15) is 0 Å². The summed E-state index contributed by atoms with van der Waals surface area (Å²) in [6, 6.07) is 11.0. The van der Waals surface area contributed by atoms with E-state index in [1.54, 1.807) is 6.92 Å². The Hall–Kier alpha value is -3.00. The minimum Gasteiger partial charge on any atom is -0.453 e. The molecule has 0 aliphatic heterocycles. The zero-order valence-corrected chi connectivity index (χ0v) is 16.7. The van der Waals surface area contributed by atoms with Crippen LogP contribution in [0.25, 0.3) is 11.5 Å². The maximum absolute atomic E-state index is 12.4. The van der Waals surface area contributed by atoms with E-state index in [-0.39, 0.29) is 18.2 Å². The zero-order valence-electron chi connectivity index (χ0n) is 15.8. The molecule has 0 bridgehead atoms. The monoisotopic (exact) mass is 399 g/mol. The second-order valence-electron chi connectivity index (χ2n) is 6.42. The number of nitrogens with one attached hydrogen (secondary N) is 1. The Morgan fingerprint density at radius 2 is 1.96 bits per heavy atom. The number of ether oxygens (including phenoxy) is 1. The van der Waals surface area contributed by atoms with Crippen LogP contribution in [0.4, 0.5) is 0 Å². The number of amides is 1. The van der Waals surface area contributed by atoms with E-state index in [1.807, 2.05) is 48.7 Å². The van der Waals surface area contributed by atoms with Crippen molar-refractivity contribution in [1.82, 2.24) is 15.5 Å². The van der Waals surface area contributed by atoms with Crippen LogP contribution in [-0.2, 0) is 14.3 Å². The Kier molecular flexibility index (Phi) is 6.20. The molecular formula is C20H21N3O4S. The van der Waals surface area contributed by atoms with Gasteiger partial charge in [0.25, 0.3) is 5.89 Å². The molecule has 1 aromatic carbocycles. The molecule has 1 amide bonds. The average molecular weight is 399 g/mol. The highest BCUT2D eigenvalue weighted by Gasteiger charge is 2.23. The van der Waals surface area contributed by atoms with Crippen LogP contribution >= 0.6 is 11.3 Å². The third-order valence-corrected chi connectivity index (χ3v) is 5.02. The number of carbonyl (C=O) groups is 2. The molecule has 3 aromatic rings. The van der Waals surface area contributed by atoms with E-state index in [2.05, 4.69) is 15.5 Å². The smallest absolute Gasteiger partial charge is 0.309 e. The highest BCUT2D eigenvalue weighted by atomic mass is 32.1. The molecule has 7 nitrogen and oxygen atoms in total. The van der Waals surface area contributed by atoms with Crippen molar-refractivity contribution in [2.75, 3.05) is 0 Å². The largest absolute Gasteiger partial charge is 0.453 e. The van der Waals surface area contributed by atoms with Crippen molar-refractivity contribution in [3.8, 4) is 11.5 Å². The first-order valence-corrected chi connectivity index (χ1v) is 9.70. The highest BCUT2D eigenvalue weighted by Crippen LogP contribution is 2.26. The minimum absolute atomic E-state index is 0.0173. The molecule has 28 heavy (non-hydrogen) atoms. The van der Waals surface area contributed by atoms with Crippen LogP contribution in [-0.4, -0.2) is 22.1 Å². The number of hydrogen-bond donors (Lipinski definition) is 1. The number of aromatic nitrogens is 2. The minimum atomic E-state index is -0.694. The van der Waals surface area contributed by atoms with Crippen LogP contribution in [0.2, 0.25) is 0 Å². The van der Waals surface area contributed by atoms with Crippen molar-refractivity contribution in [2.24, 2.45) is 0 Å². The third kappa shape index (κ3) is 5.04. The van der Waals surface area contributed by atoms with Crippen molar-refractivity contribution in [1.29, 1.82) is 0 Å². The molecule has 3 rings (SSSR count). The van der Waals surface area contributed by atoms with Crippen LogP contribution in [0.5, 0.6) is 0 Å². The average Bonchev–Trinajstić information content (AvgIpc) is 3.33. The lowest BCUT2D eigenvalue weighted by Gasteiger charge is -2.17. The van der Waals surface area contributed by atoms with Crippen molar-refractivity contribution >= 4 is 23.2 Å². The summed E-state index contributed by atoms with van der Waals surface area (Å²) in [6.07, 6.45) is -0.677. The van der Waals surface area contributed by atoms with Gasteiger partial charge in [0, 0.05) is 17.4 Å². The van der Waals surface area contributed by atoms with Crippen LogP contribution in [0.1, 0.15) is 48.7 Å². The molecule has 0 aliphatic carbocycles. The number of esters is 1. The molecule has 0 radical (unpaired) electrons. The van der Waals surface area contributed by atoms with E-state index in [0.29, 0.717) is 5.89 Å². The molecule has 8 heteroatoms. The second kappa shape index (κ2) is 8.79. The van der Waals surface area contributed by atoms with Gasteiger partial charge in [0.05, 0.1) is 12.5 Å². The molecule has 2 aromatic heterocycles. The molecule has 1 N–H and O–H groups in total. The van der Waals surface area contributed by atoms with Gasteiger partial charge >= 0.3 is 5.97 Å². The Bertz CT molecular complexity index is 935. The van der Waals surface area contributed by atoms with Crippen molar-refractivity contribution in [2.45, 2.75) is 39.3 Å². The van der Waals surface area contributed by atoms with E-state index >= 15 is 0 Å². The Labute approximate surface area is 166 Å². The molecule has 0 fully saturated rings. The first-order valence-electron chi connectivity index (χ1n) is 8.83. The Morgan fingerprint density at radius 3 is 2.61 bits per heavy atom. The van der Waals surface area contributed by atoms with Gasteiger partial charge in [0.2, 0.25) is 11.8 Å². The number of benzene rings is 1. The highest BCUT2D eigenvalue weighted by molar-refractivity contribution is 7.10. The SMILES string of the molecule is CC(=O)NC(CC(=O)OC(C)c1nnc(-c2ccc(C)cc2)o1)c1cccs1. The maximum atomic E-state index is 12.4. The van der Waals surface area contributed by atoms with Crippen LogP contribution < -0.4 is 5.32 Å². The van der Waals surface area contributed by atoms with Gasteiger partial charge in [-0.25, -0.2) is 0 Å². The van der Waals surface area contributed by atoms with Crippen molar-refractivity contribution in [3.63, 3.8) is 0 Å². The fraction of sp³-hybridized carbons (Fsp3) is 0.300. The molecule has 0 saturated heterocycles. The standard InChI is InChI=1S/C20H21N3O4S/c1-12-6-8-15(9-7-12)20-23-22-19(27-20)13(2)26-18(25)11-16(21-14(3)24)17-5-4-10-28-17/h4-10,13,16H,11H2,1-3H3,(H,21,24). The Morgan fingerprint density at radius 1 is 1.21 bits per heavy atom. The van der Waals surface area contributed by atoms with Gasteiger partial charge in [-0.2, -0.15) is 0 Å². The molecule has 2 heterocycles. The predicted molar refractivity (Wildman–Crippen MR) is 104 cm³/mol. The topological polar surface area (TPSA) is 94.3 Å². The summed E-state index contributed by atoms with van der Waals surface area (Å²) in [6.45, 7) is 5.08. The lowest BCUT2D eigenvalue weighted by Crippen LogP contribution is -2.28. The number of thiophene rings is 1. The molecule has 0 saturated carbocycles. The van der Waals surface area contributed by atoms with Crippen molar-refractivity contribution in [3.05, 3.63) is 58.1 Å². The van der Waals surface area contributed by atoms with Gasteiger partial charge in [0.15, 0.2) is 6.10 Å². The Balaban J connectivity index is 1.63. The van der Waals surface area contributed by atoms with E-state index in [9.17, 15) is 9.59 Å². The van der Waals surface area contributed by atoms with Crippen LogP contribution in [0.15, 0.2) is 46.2 Å². The predicted octanol–water partition coefficient (Wildman–Crippen LogP) is 3.98. The summed E-state index contributed by atoms with van der Waals surface area (Å²) < 4.78 is 11.1. The summed E-state index contributed by atoms with van der Waals surface area (Å²) in [5.74, 6) is -0.0858. The number of aryl methyl sites for hydroxylation is 1. The third-order valence-electron chi connectivity index (χ3n) is 4.03. The molecular weight excluding hydrogens is 378 g/mol. The first-order chi connectivity index (χ1) is 13.4. The zero-order chi connectivity index (χ0) is 20.1. The van der Waals surface area contributed by atoms with Gasteiger partial charge in [-0.1, -0.05) is 23.8 Å². The quantitative estimate of drug-likeness (QED) is 0.604. The fourth-order valence-corrected chi connectivity index (χ4v) is 3.41. The van der Waals surface area contributed by atoms with Gasteiger partial charge in [-0.3, -0.25) is 9.59 Å². The lowest BCUT2D eigenvalue weighted by atomic mass is 10.1. The lowest BCUT2D eigenvalue weighted by molar-refractivity contribution is -0.150. The van der Waals surface area contributed by atoms with E-state index in [0.717, 1.165) is 16.0 Å². The summed E-state index contributed by atoms with van der Waals surface area (Å²) >= 11 is 1.47.